The van der Waals surface area contributed by atoms with Crippen molar-refractivity contribution in [1.82, 2.24) is 0 Å². The Labute approximate surface area is 56.0 Å². The number of carbonyl (C=O) groups excluding carboxylic acids is 2. The zero-order valence-corrected chi connectivity index (χ0v) is 5.05. The van der Waals surface area contributed by atoms with Crippen LogP contribution in [-0.2, 0) is 9.59 Å². The predicted octanol–water partition coefficient (Wildman–Crippen LogP) is -2.52. The van der Waals surface area contributed by atoms with Gasteiger partial charge in [-0.1, -0.05) is 0 Å². The van der Waals surface area contributed by atoms with Crippen LogP contribution < -0.4 is 10.2 Å². The monoisotopic (exact) mass is 150 g/mol. The normalized spacial score (nSPS) is 12.6. The third-order valence-electron chi connectivity index (χ3n) is 0.602. The van der Waals surface area contributed by atoms with Crippen molar-refractivity contribution in [3.63, 3.8) is 0 Å². The van der Waals surface area contributed by atoms with Crippen molar-refractivity contribution < 1.29 is 19.8 Å². The molecule has 0 aliphatic carbocycles. The lowest BCUT2D eigenvalue weighted by Crippen LogP contribution is -2.36. The van der Waals surface area contributed by atoms with Gasteiger partial charge >= 0.3 is 0 Å². The molecular formula is C4H3ClO4-2. The van der Waals surface area contributed by atoms with E-state index in [0.29, 0.717) is 0 Å². The molecule has 0 aromatic carbocycles. The first-order valence-corrected chi connectivity index (χ1v) is 2.52. The molecule has 0 spiro atoms. The molecule has 9 heavy (non-hydrogen) atoms. The molecule has 0 aliphatic rings. The van der Waals surface area contributed by atoms with Crippen LogP contribution in [0, 0.1) is 0 Å². The maximum absolute atomic E-state index is 9.70. The van der Waals surface area contributed by atoms with Gasteiger partial charge in [-0.2, -0.15) is 0 Å². The Bertz CT molecular complexity index is 133. The number of carboxylic acids is 2. The fourth-order valence-electron chi connectivity index (χ4n) is 0.230. The van der Waals surface area contributed by atoms with E-state index in [-0.39, 0.29) is 0 Å². The van der Waals surface area contributed by atoms with Gasteiger partial charge in [0, 0.05) is 12.4 Å². The van der Waals surface area contributed by atoms with Gasteiger partial charge in [0.1, 0.15) is 0 Å². The van der Waals surface area contributed by atoms with E-state index in [1.165, 1.54) is 0 Å². The van der Waals surface area contributed by atoms with Gasteiger partial charge in [-0.05, 0) is 0 Å². The van der Waals surface area contributed by atoms with Gasteiger partial charge in [0.25, 0.3) is 0 Å². The van der Waals surface area contributed by atoms with E-state index in [0.717, 1.165) is 0 Å². The minimum atomic E-state index is -1.60. The summed E-state index contributed by atoms with van der Waals surface area (Å²) in [5.41, 5.74) is 0. The van der Waals surface area contributed by atoms with E-state index < -0.39 is 23.7 Å². The van der Waals surface area contributed by atoms with Crippen LogP contribution in [0.3, 0.4) is 0 Å². The van der Waals surface area contributed by atoms with Crippen LogP contribution in [0.2, 0.25) is 0 Å². The minimum absolute atomic E-state index is 0.718. The second kappa shape index (κ2) is 3.29. The van der Waals surface area contributed by atoms with Crippen molar-refractivity contribution in [3.8, 4) is 0 Å². The number of carbonyl (C=O) groups is 2. The van der Waals surface area contributed by atoms with Crippen molar-refractivity contribution in [2.24, 2.45) is 0 Å². The van der Waals surface area contributed by atoms with Crippen molar-refractivity contribution >= 4 is 23.5 Å². The van der Waals surface area contributed by atoms with Crippen LogP contribution in [0.5, 0.6) is 0 Å². The zero-order valence-electron chi connectivity index (χ0n) is 4.30. The Morgan fingerprint density at radius 2 is 1.89 bits per heavy atom. The van der Waals surface area contributed by atoms with Crippen LogP contribution in [0.25, 0.3) is 0 Å². The number of rotatable bonds is 3. The highest BCUT2D eigenvalue weighted by molar-refractivity contribution is 6.30. The Morgan fingerprint density at radius 3 is 2.00 bits per heavy atom. The molecular weight excluding hydrogens is 147 g/mol. The van der Waals surface area contributed by atoms with Crippen LogP contribution in [0.1, 0.15) is 6.42 Å². The molecule has 5 heteroatoms. The molecule has 0 bridgehead atoms. The van der Waals surface area contributed by atoms with E-state index in [1.54, 1.807) is 0 Å². The average molecular weight is 151 g/mol. The van der Waals surface area contributed by atoms with E-state index in [1.807, 2.05) is 0 Å². The highest BCUT2D eigenvalue weighted by atomic mass is 35.5. The zero-order chi connectivity index (χ0) is 7.44. The van der Waals surface area contributed by atoms with Gasteiger partial charge in [0.2, 0.25) is 0 Å². The third-order valence-corrected chi connectivity index (χ3v) is 0.934. The van der Waals surface area contributed by atoms with Crippen molar-refractivity contribution in [2.75, 3.05) is 0 Å². The summed E-state index contributed by atoms with van der Waals surface area (Å²) in [7, 11) is 0. The van der Waals surface area contributed by atoms with E-state index >= 15 is 0 Å². The number of halogens is 1. The lowest BCUT2D eigenvalue weighted by Gasteiger charge is -2.09. The molecule has 52 valence electrons. The fourth-order valence-corrected chi connectivity index (χ4v) is 0.356. The second-order valence-electron chi connectivity index (χ2n) is 1.36. The molecule has 0 saturated heterocycles. The van der Waals surface area contributed by atoms with Gasteiger partial charge in [-0.3, -0.25) is 0 Å². The molecule has 1 atom stereocenters. The molecule has 0 aromatic rings. The summed E-state index contributed by atoms with van der Waals surface area (Å²) in [6.07, 6.45) is -0.718. The highest BCUT2D eigenvalue weighted by Gasteiger charge is 2.03. The molecule has 0 saturated carbocycles. The molecule has 1 unspecified atom stereocenters. The smallest absolute Gasteiger partial charge is 0.0782 e. The van der Waals surface area contributed by atoms with Gasteiger partial charge in [0.05, 0.1) is 11.3 Å². The molecule has 0 amide bonds. The Kier molecular flexibility index (Phi) is 3.01. The summed E-state index contributed by atoms with van der Waals surface area (Å²) >= 11 is 4.93. The summed E-state index contributed by atoms with van der Waals surface area (Å²) in [4.78, 5) is 19.3. The van der Waals surface area contributed by atoms with E-state index in [2.05, 4.69) is 0 Å². The van der Waals surface area contributed by atoms with Crippen LogP contribution >= 0.6 is 11.6 Å². The first kappa shape index (κ1) is 8.23. The van der Waals surface area contributed by atoms with Crippen LogP contribution in [0.4, 0.5) is 0 Å². The molecule has 0 aliphatic heterocycles. The van der Waals surface area contributed by atoms with Gasteiger partial charge in [-0.15, -0.1) is 11.6 Å². The lowest BCUT2D eigenvalue weighted by atomic mass is 10.3. The van der Waals surface area contributed by atoms with Gasteiger partial charge in [0.15, 0.2) is 0 Å². The molecule has 0 N–H and O–H groups in total. The Hall–Kier alpha value is -0.770. The Morgan fingerprint density at radius 1 is 1.44 bits per heavy atom. The lowest BCUT2D eigenvalue weighted by molar-refractivity contribution is -0.314. The molecule has 0 radical (unpaired) electrons. The minimum Gasteiger partial charge on any atom is -0.550 e. The number of aliphatic carboxylic acids is 2. The molecule has 0 aromatic heterocycles. The summed E-state index contributed by atoms with van der Waals surface area (Å²) in [5.74, 6) is -3.10. The number of hydrogen-bond acceptors (Lipinski definition) is 4. The van der Waals surface area contributed by atoms with Crippen molar-refractivity contribution in [3.05, 3.63) is 0 Å². The quantitative estimate of drug-likeness (QED) is 0.416. The number of hydrogen-bond donors (Lipinski definition) is 0. The summed E-state index contributed by atoms with van der Waals surface area (Å²) in [5, 5.41) is 17.8. The maximum atomic E-state index is 9.70. The van der Waals surface area contributed by atoms with E-state index in [9.17, 15) is 19.8 Å². The first-order chi connectivity index (χ1) is 4.04. The SMILES string of the molecule is O=C([O-])CC(Cl)C(=O)[O-]. The first-order valence-electron chi connectivity index (χ1n) is 2.09. The highest BCUT2D eigenvalue weighted by Crippen LogP contribution is 1.97. The average Bonchev–Trinajstić information content (AvgIpc) is 1.63. The summed E-state index contributed by atoms with van der Waals surface area (Å²) in [6.45, 7) is 0. The van der Waals surface area contributed by atoms with Gasteiger partial charge < -0.3 is 19.8 Å². The van der Waals surface area contributed by atoms with Crippen molar-refractivity contribution in [1.29, 1.82) is 0 Å². The third kappa shape index (κ3) is 3.78. The number of carboxylic acid groups (broad SMARTS) is 2. The Balaban J connectivity index is 3.63. The van der Waals surface area contributed by atoms with Crippen LogP contribution in [-0.4, -0.2) is 17.3 Å². The van der Waals surface area contributed by atoms with Crippen molar-refractivity contribution in [2.45, 2.75) is 11.8 Å². The van der Waals surface area contributed by atoms with Gasteiger partial charge in [-0.25, -0.2) is 0 Å². The topological polar surface area (TPSA) is 80.3 Å². The molecule has 4 nitrogen and oxygen atoms in total. The standard InChI is InChI=1S/C4H5ClO4/c5-2(4(8)9)1-3(6)7/h2H,1H2,(H,6,7)(H,8,9)/p-2. The predicted molar refractivity (Wildman–Crippen MR) is 24.3 cm³/mol. The summed E-state index contributed by atoms with van der Waals surface area (Å²) < 4.78 is 0. The second-order valence-corrected chi connectivity index (χ2v) is 1.89. The molecule has 0 rings (SSSR count). The number of alkyl halides is 1. The molecule has 0 heterocycles. The largest absolute Gasteiger partial charge is 0.550 e. The fraction of sp³-hybridized carbons (Fsp3) is 0.500. The van der Waals surface area contributed by atoms with Crippen LogP contribution in [0.15, 0.2) is 0 Å². The molecule has 0 fully saturated rings. The maximum Gasteiger partial charge on any atom is 0.0782 e. The summed E-state index contributed by atoms with van der Waals surface area (Å²) in [6, 6.07) is 0. The van der Waals surface area contributed by atoms with E-state index in [4.69, 9.17) is 11.6 Å².